The van der Waals surface area contributed by atoms with Crippen molar-refractivity contribution in [3.63, 3.8) is 0 Å². The zero-order valence-electron chi connectivity index (χ0n) is 13.5. The van der Waals surface area contributed by atoms with E-state index in [1.165, 1.54) is 14.0 Å². The number of carbonyl (C=O) groups excluding carboxylic acids is 3. The second-order valence-electron chi connectivity index (χ2n) is 5.72. The predicted molar refractivity (Wildman–Crippen MR) is 84.4 cm³/mol. The van der Waals surface area contributed by atoms with E-state index in [0.717, 1.165) is 5.56 Å². The van der Waals surface area contributed by atoms with Crippen molar-refractivity contribution in [3.05, 3.63) is 35.9 Å². The van der Waals surface area contributed by atoms with Crippen molar-refractivity contribution >= 4 is 17.5 Å². The molecule has 0 saturated carbocycles. The molecule has 4 heteroatoms. The first kappa shape index (κ1) is 18.1. The molecule has 0 fully saturated rings. The number of methoxy groups -OCH3 is 1. The molecular weight excluding hydrogens is 280 g/mol. The highest BCUT2D eigenvalue weighted by Gasteiger charge is 2.25. The van der Waals surface area contributed by atoms with Gasteiger partial charge in [0.25, 0.3) is 0 Å². The first-order chi connectivity index (χ1) is 10.4. The van der Waals surface area contributed by atoms with Crippen LogP contribution < -0.4 is 0 Å². The summed E-state index contributed by atoms with van der Waals surface area (Å²) in [6.45, 7) is 3.33. The van der Waals surface area contributed by atoms with Crippen molar-refractivity contribution in [1.82, 2.24) is 0 Å². The summed E-state index contributed by atoms with van der Waals surface area (Å²) in [7, 11) is 1.34. The van der Waals surface area contributed by atoms with E-state index >= 15 is 0 Å². The standard InChI is InChI=1S/C18H24O4/c1-13(9-10-14(2)19)17(20)12-16(18(21)22-3)11-15-7-5-4-6-8-15/h4-8,13,16H,9-12H2,1-3H3/t13-,16+/m0/s1. The molecule has 0 amide bonds. The van der Waals surface area contributed by atoms with Crippen molar-refractivity contribution in [3.8, 4) is 0 Å². The molecule has 22 heavy (non-hydrogen) atoms. The zero-order chi connectivity index (χ0) is 16.5. The van der Waals surface area contributed by atoms with Gasteiger partial charge in [-0.3, -0.25) is 9.59 Å². The molecule has 0 aliphatic carbocycles. The molecular formula is C18H24O4. The van der Waals surface area contributed by atoms with Crippen LogP contribution in [0.1, 0.15) is 38.7 Å². The largest absolute Gasteiger partial charge is 0.469 e. The highest BCUT2D eigenvalue weighted by Crippen LogP contribution is 2.19. The topological polar surface area (TPSA) is 60.4 Å². The van der Waals surface area contributed by atoms with Gasteiger partial charge in [0.2, 0.25) is 0 Å². The average Bonchev–Trinajstić information content (AvgIpc) is 2.51. The Balaban J connectivity index is 2.66. The molecule has 1 aromatic carbocycles. The van der Waals surface area contributed by atoms with Crippen molar-refractivity contribution in [2.75, 3.05) is 7.11 Å². The van der Waals surface area contributed by atoms with E-state index in [9.17, 15) is 14.4 Å². The second kappa shape index (κ2) is 9.13. The number of esters is 1. The van der Waals surface area contributed by atoms with Crippen LogP contribution in [0.5, 0.6) is 0 Å². The molecule has 0 radical (unpaired) electrons. The highest BCUT2D eigenvalue weighted by atomic mass is 16.5. The third kappa shape index (κ3) is 6.20. The summed E-state index contributed by atoms with van der Waals surface area (Å²) >= 11 is 0. The maximum absolute atomic E-state index is 12.3. The van der Waals surface area contributed by atoms with Gasteiger partial charge in [-0.15, -0.1) is 0 Å². The predicted octanol–water partition coefficient (Wildman–Crippen LogP) is 2.98. The third-order valence-corrected chi connectivity index (χ3v) is 3.79. The van der Waals surface area contributed by atoms with E-state index in [1.54, 1.807) is 0 Å². The minimum Gasteiger partial charge on any atom is -0.469 e. The van der Waals surface area contributed by atoms with Gasteiger partial charge in [-0.05, 0) is 25.3 Å². The number of Topliss-reactive ketones (excluding diaryl/α,β-unsaturated/α-hetero) is 2. The van der Waals surface area contributed by atoms with Crippen molar-refractivity contribution < 1.29 is 19.1 Å². The molecule has 0 spiro atoms. The first-order valence-corrected chi connectivity index (χ1v) is 7.58. The van der Waals surface area contributed by atoms with E-state index in [0.29, 0.717) is 19.3 Å². The Morgan fingerprint density at radius 1 is 1.14 bits per heavy atom. The summed E-state index contributed by atoms with van der Waals surface area (Å²) in [6.07, 6.45) is 1.57. The van der Waals surface area contributed by atoms with Gasteiger partial charge in [0, 0.05) is 18.8 Å². The quantitative estimate of drug-likeness (QED) is 0.658. The summed E-state index contributed by atoms with van der Waals surface area (Å²) < 4.78 is 4.82. The number of hydrogen-bond donors (Lipinski definition) is 0. The van der Waals surface area contributed by atoms with Gasteiger partial charge in [-0.1, -0.05) is 37.3 Å². The van der Waals surface area contributed by atoms with Crippen LogP contribution in [0.4, 0.5) is 0 Å². The van der Waals surface area contributed by atoms with Crippen LogP contribution in [0.15, 0.2) is 30.3 Å². The fourth-order valence-corrected chi connectivity index (χ4v) is 2.33. The number of carbonyl (C=O) groups is 3. The molecule has 1 aromatic rings. The van der Waals surface area contributed by atoms with Gasteiger partial charge in [-0.2, -0.15) is 0 Å². The van der Waals surface area contributed by atoms with Crippen LogP contribution in [0.25, 0.3) is 0 Å². The molecule has 1 rings (SSSR count). The molecule has 4 nitrogen and oxygen atoms in total. The fourth-order valence-electron chi connectivity index (χ4n) is 2.33. The third-order valence-electron chi connectivity index (χ3n) is 3.79. The van der Waals surface area contributed by atoms with Crippen LogP contribution >= 0.6 is 0 Å². The minimum absolute atomic E-state index is 0.00702. The Morgan fingerprint density at radius 2 is 1.77 bits per heavy atom. The summed E-state index contributed by atoms with van der Waals surface area (Å²) in [5.74, 6) is -0.969. The van der Waals surface area contributed by atoms with Crippen LogP contribution in [0.2, 0.25) is 0 Å². The lowest BCUT2D eigenvalue weighted by molar-refractivity contribution is -0.147. The summed E-state index contributed by atoms with van der Waals surface area (Å²) in [6, 6.07) is 9.58. The molecule has 0 bridgehead atoms. The highest BCUT2D eigenvalue weighted by molar-refractivity contribution is 5.86. The van der Waals surface area contributed by atoms with Crippen molar-refractivity contribution in [2.24, 2.45) is 11.8 Å². The van der Waals surface area contributed by atoms with Crippen LogP contribution in [-0.2, 0) is 25.5 Å². The van der Waals surface area contributed by atoms with E-state index in [4.69, 9.17) is 4.74 Å². The molecule has 0 unspecified atom stereocenters. The molecule has 0 saturated heterocycles. The van der Waals surface area contributed by atoms with Crippen LogP contribution in [-0.4, -0.2) is 24.6 Å². The van der Waals surface area contributed by atoms with E-state index in [1.807, 2.05) is 37.3 Å². The molecule has 2 atom stereocenters. The number of hydrogen-bond acceptors (Lipinski definition) is 4. The Labute approximate surface area is 131 Å². The smallest absolute Gasteiger partial charge is 0.309 e. The van der Waals surface area contributed by atoms with Gasteiger partial charge < -0.3 is 9.53 Å². The Hall–Kier alpha value is -1.97. The zero-order valence-corrected chi connectivity index (χ0v) is 13.5. The maximum Gasteiger partial charge on any atom is 0.309 e. The molecule has 0 aliphatic rings. The average molecular weight is 304 g/mol. The lowest BCUT2D eigenvalue weighted by Crippen LogP contribution is -2.25. The van der Waals surface area contributed by atoms with Gasteiger partial charge in [0.1, 0.15) is 11.6 Å². The number of ketones is 2. The lowest BCUT2D eigenvalue weighted by Gasteiger charge is -2.16. The van der Waals surface area contributed by atoms with Gasteiger partial charge in [0.15, 0.2) is 0 Å². The summed E-state index contributed by atoms with van der Waals surface area (Å²) in [5.41, 5.74) is 1.00. The Morgan fingerprint density at radius 3 is 2.32 bits per heavy atom. The van der Waals surface area contributed by atoms with E-state index in [2.05, 4.69) is 0 Å². The SMILES string of the molecule is COC(=O)[C@@H](CC(=O)[C@@H](C)CCC(C)=O)Cc1ccccc1. The van der Waals surface area contributed by atoms with Crippen molar-refractivity contribution in [1.29, 1.82) is 0 Å². The molecule has 0 aromatic heterocycles. The monoisotopic (exact) mass is 304 g/mol. The Bertz CT molecular complexity index is 507. The summed E-state index contributed by atoms with van der Waals surface area (Å²) in [5, 5.41) is 0. The second-order valence-corrected chi connectivity index (χ2v) is 5.72. The Kier molecular flexibility index (Phi) is 7.50. The van der Waals surface area contributed by atoms with Crippen LogP contribution in [0.3, 0.4) is 0 Å². The number of benzene rings is 1. The minimum atomic E-state index is -0.473. The van der Waals surface area contributed by atoms with Gasteiger partial charge in [0.05, 0.1) is 13.0 Å². The molecule has 120 valence electrons. The van der Waals surface area contributed by atoms with Gasteiger partial charge >= 0.3 is 5.97 Å². The number of rotatable bonds is 9. The van der Waals surface area contributed by atoms with E-state index < -0.39 is 5.92 Å². The number of ether oxygens (including phenoxy) is 1. The molecule has 0 aliphatic heterocycles. The maximum atomic E-state index is 12.3. The normalized spacial score (nSPS) is 13.2. The van der Waals surface area contributed by atoms with Crippen LogP contribution in [0, 0.1) is 11.8 Å². The first-order valence-electron chi connectivity index (χ1n) is 7.58. The van der Waals surface area contributed by atoms with Gasteiger partial charge in [-0.25, -0.2) is 0 Å². The molecule has 0 N–H and O–H groups in total. The van der Waals surface area contributed by atoms with E-state index in [-0.39, 0.29) is 29.9 Å². The fraction of sp³-hybridized carbons (Fsp3) is 0.500. The molecule has 0 heterocycles. The lowest BCUT2D eigenvalue weighted by atomic mass is 9.88. The van der Waals surface area contributed by atoms with Crippen molar-refractivity contribution in [2.45, 2.75) is 39.5 Å². The summed E-state index contributed by atoms with van der Waals surface area (Å²) in [4.78, 5) is 35.2.